The smallest absolute Gasteiger partial charge is 0.325 e. The molecule has 1 unspecified atom stereocenters. The van der Waals surface area contributed by atoms with E-state index in [0.717, 1.165) is 61.1 Å². The van der Waals surface area contributed by atoms with Gasteiger partial charge in [0.15, 0.2) is 0 Å². The molecule has 0 saturated carbocycles. The third-order valence-corrected chi connectivity index (χ3v) is 22.0. The number of allylic oxidation sites excluding steroid dienone is 4. The number of pyridine rings is 3. The Bertz CT molecular complexity index is 4520. The summed E-state index contributed by atoms with van der Waals surface area (Å²) in [6.07, 6.45) is 19.8. The van der Waals surface area contributed by atoms with E-state index in [-0.39, 0.29) is 109 Å². The Morgan fingerprint density at radius 1 is 0.581 bits per heavy atom. The molecule has 27 nitrogen and oxygen atoms in total. The molecule has 0 spiro atoms. The number of hydrogen-bond donors (Lipinski definition) is 6. The standard InChI is InChI=1S/C32H44N4O5.2C29H36N4O5/c1-7-9-11-27(37)18-28(20(3)4)30(38)34-21(5)31(39)36-15-10-12-29(35-36)32(40)41-22(6)23-13-14-24-19-33-26(8-2)17-25(24)16-23;2*1-17(2)25-15-24(34)8-5-7-23-14-22-13-20(10-11-21(22)16-30-23)19(4)38-29(37)26-9-6-12-33(32-26)28(36)18(3)31-27(25)35/h7,9,13-14,16-17,19-22,28-29,35H,8,10-12,15,18H2,1-6H3,(H,34,38);2*5,7,10-11,13-14,16-19,25-26,32H,6,8-9,12,15H2,1-4H3,(H,31,35)/b9-7+;7-5+;7-5-/t21-,22+,28-,29-;18-,19+,25-,26-;18-,19?,25-,26-/m000/s1. The molecule has 626 valence electrons. The highest BCUT2D eigenvalue weighted by molar-refractivity contribution is 5.95. The molecule has 3 aromatic carbocycles. The first-order chi connectivity index (χ1) is 55.8. The van der Waals surface area contributed by atoms with Crippen LogP contribution < -0.4 is 32.2 Å². The van der Waals surface area contributed by atoms with E-state index in [1.807, 2.05) is 154 Å². The Labute approximate surface area is 685 Å². The van der Waals surface area contributed by atoms with Crippen LogP contribution in [-0.4, -0.2) is 157 Å². The Kier molecular flexibility index (Phi) is 32.7. The van der Waals surface area contributed by atoms with Crippen LogP contribution in [0.2, 0.25) is 0 Å². The Morgan fingerprint density at radius 2 is 1.06 bits per heavy atom. The van der Waals surface area contributed by atoms with Gasteiger partial charge in [0.05, 0.1) is 11.4 Å². The number of Topliss-reactive ketones (excluding diaryl/α,β-unsaturated/α-hetero) is 3. The maximum atomic E-state index is 13.2. The van der Waals surface area contributed by atoms with E-state index >= 15 is 0 Å². The topological polar surface area (TPSA) is 353 Å². The number of fused-ring (bicyclic) bond motifs is 9. The first-order valence-corrected chi connectivity index (χ1v) is 41.2. The van der Waals surface area contributed by atoms with Crippen LogP contribution in [0.1, 0.15) is 226 Å². The van der Waals surface area contributed by atoms with Gasteiger partial charge in [-0.15, -0.1) is 0 Å². The summed E-state index contributed by atoms with van der Waals surface area (Å²) in [4.78, 5) is 169. The molecule has 3 aromatic heterocycles. The van der Waals surface area contributed by atoms with E-state index in [0.29, 0.717) is 69.5 Å². The van der Waals surface area contributed by atoms with Crippen LogP contribution >= 0.6 is 0 Å². The number of cyclic esters (lactones) is 2. The first-order valence-electron chi connectivity index (χ1n) is 41.2. The lowest BCUT2D eigenvalue weighted by atomic mass is 9.89. The van der Waals surface area contributed by atoms with Crippen molar-refractivity contribution in [1.29, 1.82) is 0 Å². The molecule has 6 aromatic rings. The van der Waals surface area contributed by atoms with Gasteiger partial charge in [-0.1, -0.05) is 109 Å². The molecule has 11 rings (SSSR count). The minimum Gasteiger partial charge on any atom is -0.457 e. The van der Waals surface area contributed by atoms with Crippen molar-refractivity contribution in [2.45, 2.75) is 235 Å². The number of esters is 3. The first kappa shape index (κ1) is 90.2. The predicted octanol–water partition coefficient (Wildman–Crippen LogP) is 11.6. The summed E-state index contributed by atoms with van der Waals surface area (Å²) in [7, 11) is 0. The van der Waals surface area contributed by atoms with Gasteiger partial charge in [0.1, 0.15) is 71.9 Å². The van der Waals surface area contributed by atoms with E-state index in [1.54, 1.807) is 63.5 Å². The number of nitrogens with zero attached hydrogens (tertiary/aromatic N) is 6. The molecule has 8 heterocycles. The zero-order valence-electron chi connectivity index (χ0n) is 69.9. The summed E-state index contributed by atoms with van der Waals surface area (Å²) in [5.41, 5.74) is 13.9. The van der Waals surface area contributed by atoms with Crippen LogP contribution in [0, 0.1) is 35.5 Å². The Morgan fingerprint density at radius 3 is 1.54 bits per heavy atom. The van der Waals surface area contributed by atoms with Crippen molar-refractivity contribution in [3.05, 3.63) is 149 Å². The molecule has 27 heteroatoms. The molecule has 10 bridgehead atoms. The van der Waals surface area contributed by atoms with Gasteiger partial charge in [0, 0.05) is 116 Å². The third-order valence-electron chi connectivity index (χ3n) is 22.0. The van der Waals surface area contributed by atoms with Crippen molar-refractivity contribution >= 4 is 115 Å². The second kappa shape index (κ2) is 42.4. The number of nitrogens with one attached hydrogen (secondary N) is 6. The van der Waals surface area contributed by atoms with Crippen molar-refractivity contribution in [1.82, 2.24) is 62.2 Å². The minimum absolute atomic E-state index is 0.0179. The number of carbonyl (C=O) groups is 12. The van der Waals surface area contributed by atoms with Crippen LogP contribution in [0.4, 0.5) is 0 Å². The minimum atomic E-state index is -0.823. The Hall–Kier alpha value is -10.8. The average Bonchev–Trinajstić information content (AvgIpc) is 1.48. The van der Waals surface area contributed by atoms with Crippen LogP contribution in [0.25, 0.3) is 44.5 Å². The second-order valence-electron chi connectivity index (χ2n) is 32.2. The van der Waals surface area contributed by atoms with Crippen LogP contribution in [0.15, 0.2) is 116 Å². The molecular weight excluding hydrogens is 1490 g/mol. The molecule has 3 saturated heterocycles. The predicted molar refractivity (Wildman–Crippen MR) is 445 cm³/mol. The fourth-order valence-electron chi connectivity index (χ4n) is 14.6. The number of hydrogen-bond acceptors (Lipinski definition) is 21. The molecule has 3 fully saturated rings. The average molecular weight is 1610 g/mol. The molecule has 5 aliphatic heterocycles. The lowest BCUT2D eigenvalue weighted by molar-refractivity contribution is -0.158. The summed E-state index contributed by atoms with van der Waals surface area (Å²) in [5.74, 6) is -5.36. The lowest BCUT2D eigenvalue weighted by Gasteiger charge is -2.35. The van der Waals surface area contributed by atoms with Gasteiger partial charge >= 0.3 is 17.9 Å². The van der Waals surface area contributed by atoms with Crippen molar-refractivity contribution in [2.24, 2.45) is 35.5 Å². The quantitative estimate of drug-likeness (QED) is 0.0335. The molecule has 5 aliphatic rings. The molecule has 6 N–H and O–H groups in total. The fraction of sp³-hybridized carbons (Fsp3) is 0.500. The summed E-state index contributed by atoms with van der Waals surface area (Å²) < 4.78 is 17.3. The van der Waals surface area contributed by atoms with Gasteiger partial charge in [-0.3, -0.25) is 87.5 Å². The number of carbonyl (C=O) groups excluding carboxylic acids is 12. The number of aryl methyl sites for hydroxylation is 1. The monoisotopic (exact) mass is 1600 g/mol. The zero-order chi connectivity index (χ0) is 84.9. The third kappa shape index (κ3) is 25.1. The van der Waals surface area contributed by atoms with E-state index in [4.69, 9.17) is 14.2 Å². The number of ether oxygens (including phenoxy) is 3. The highest BCUT2D eigenvalue weighted by atomic mass is 16.6. The van der Waals surface area contributed by atoms with Crippen LogP contribution in [0.3, 0.4) is 0 Å². The molecule has 0 aliphatic carbocycles. The normalized spacial score (nSPS) is 23.7. The van der Waals surface area contributed by atoms with E-state index in [9.17, 15) is 57.5 Å². The van der Waals surface area contributed by atoms with Gasteiger partial charge in [-0.2, -0.15) is 0 Å². The van der Waals surface area contributed by atoms with Crippen LogP contribution in [-0.2, 0) is 78.2 Å². The van der Waals surface area contributed by atoms with Crippen molar-refractivity contribution in [3.63, 3.8) is 0 Å². The lowest BCUT2D eigenvalue weighted by Crippen LogP contribution is -2.59. The highest BCUT2D eigenvalue weighted by Crippen LogP contribution is 2.30. The molecule has 117 heavy (non-hydrogen) atoms. The molecular formula is C90H116N12O15. The van der Waals surface area contributed by atoms with Crippen molar-refractivity contribution in [2.75, 3.05) is 19.6 Å². The summed E-state index contributed by atoms with van der Waals surface area (Å²) in [5, 5.41) is 18.3. The van der Waals surface area contributed by atoms with E-state index in [1.165, 1.54) is 15.0 Å². The number of hydrazine groups is 3. The zero-order valence-corrected chi connectivity index (χ0v) is 69.9. The van der Waals surface area contributed by atoms with Gasteiger partial charge in [-0.25, -0.2) is 16.3 Å². The fourth-order valence-corrected chi connectivity index (χ4v) is 14.6. The van der Waals surface area contributed by atoms with E-state index in [2.05, 4.69) is 54.1 Å². The van der Waals surface area contributed by atoms with Gasteiger partial charge in [0.2, 0.25) is 17.7 Å². The summed E-state index contributed by atoms with van der Waals surface area (Å²) >= 11 is 0. The van der Waals surface area contributed by atoms with Gasteiger partial charge in [0.25, 0.3) is 17.7 Å². The number of amides is 6. The Balaban J connectivity index is 0.000000200. The summed E-state index contributed by atoms with van der Waals surface area (Å²) in [6, 6.07) is 19.0. The van der Waals surface area contributed by atoms with Gasteiger partial charge < -0.3 is 30.2 Å². The summed E-state index contributed by atoms with van der Waals surface area (Å²) in [6.45, 7) is 26.8. The second-order valence-corrected chi connectivity index (χ2v) is 32.2. The highest BCUT2D eigenvalue weighted by Gasteiger charge is 2.39. The largest absolute Gasteiger partial charge is 0.457 e. The maximum absolute atomic E-state index is 13.2. The number of benzene rings is 3. The van der Waals surface area contributed by atoms with Crippen molar-refractivity contribution < 1.29 is 71.7 Å². The number of aromatic nitrogens is 3. The molecule has 12 atom stereocenters. The SMILES string of the molecule is C/C=C/CC(=O)C[C@H](C(=O)N[C@@H](C)C(=O)N1CCC[C@@H](C(=O)O[C@H](C)c2ccc3cnc(CC)cc3c2)N1)C(C)C.CC(C)[C@@H]1CC(=O)C/C=C/c2cc3cc(ccc3cn2)[C@@H](C)OC(=O)[C@@H]2CCCN(N2)C(=O)[C@H](C)NC1=O.CC1OC(=O)[C@@H]2CCCN(N2)C(=O)[C@H](C)NC(=O)[C@H](C(C)C)CC(=O)C/C=C\c2cc3cc1ccc3cn2. The van der Waals surface area contributed by atoms with Gasteiger partial charge in [-0.05, 0) is 193 Å². The van der Waals surface area contributed by atoms with Crippen molar-refractivity contribution in [3.8, 4) is 0 Å². The number of ketones is 3. The molecule has 6 amide bonds. The maximum Gasteiger partial charge on any atom is 0.325 e. The van der Waals surface area contributed by atoms with E-state index < -0.39 is 90.2 Å². The molecule has 0 radical (unpaired) electrons. The van der Waals surface area contributed by atoms with Crippen LogP contribution in [0.5, 0.6) is 0 Å². The number of rotatable bonds is 14.